The lowest BCUT2D eigenvalue weighted by molar-refractivity contribution is 0.0695. The van der Waals surface area contributed by atoms with E-state index < -0.39 is 5.97 Å². The Morgan fingerprint density at radius 3 is 1.91 bits per heavy atom. The topological polar surface area (TPSA) is 62.2 Å². The molecule has 6 heteroatoms. The van der Waals surface area contributed by atoms with Crippen molar-refractivity contribution < 1.29 is 19.4 Å². The molecule has 32 heavy (non-hydrogen) atoms. The molecule has 0 heterocycles. The third kappa shape index (κ3) is 4.64. The van der Waals surface area contributed by atoms with Gasteiger partial charge in [-0.05, 0) is 41.5 Å². The molecule has 168 valence electrons. The van der Waals surface area contributed by atoms with Gasteiger partial charge in [0.15, 0.2) is 0 Å². The monoisotopic (exact) mass is 434 g/mol. The largest absolute Gasteiger partial charge is 0.497 e. The first-order chi connectivity index (χ1) is 15.3. The lowest BCUT2D eigenvalue weighted by atomic mass is 9.82. The van der Waals surface area contributed by atoms with Gasteiger partial charge >= 0.3 is 5.97 Å². The van der Waals surface area contributed by atoms with Crippen LogP contribution < -0.4 is 19.3 Å². The van der Waals surface area contributed by atoms with Crippen LogP contribution in [0.1, 0.15) is 33.0 Å². The van der Waals surface area contributed by atoms with E-state index in [1.54, 1.807) is 20.3 Å². The minimum atomic E-state index is -0.967. The summed E-state index contributed by atoms with van der Waals surface area (Å²) in [5, 5.41) is 10.1. The molecule has 0 radical (unpaired) electrons. The van der Waals surface area contributed by atoms with Gasteiger partial charge < -0.3 is 24.4 Å². The Balaban J connectivity index is 2.28. The van der Waals surface area contributed by atoms with Crippen LogP contribution in [0, 0.1) is 0 Å². The zero-order valence-corrected chi connectivity index (χ0v) is 19.4. The van der Waals surface area contributed by atoms with Gasteiger partial charge in [0.1, 0.15) is 11.5 Å². The van der Waals surface area contributed by atoms with Crippen LogP contribution in [0.2, 0.25) is 0 Å². The number of ether oxygens (including phenoxy) is 2. The Bertz CT molecular complexity index is 1090. The number of carbonyl (C=O) groups is 1. The molecule has 6 nitrogen and oxygen atoms in total. The highest BCUT2D eigenvalue weighted by Crippen LogP contribution is 2.41. The van der Waals surface area contributed by atoms with Gasteiger partial charge in [-0.25, -0.2) is 4.79 Å². The van der Waals surface area contributed by atoms with Crippen LogP contribution in [0.15, 0.2) is 60.7 Å². The molecule has 1 unspecified atom stereocenters. The quantitative estimate of drug-likeness (QED) is 0.518. The van der Waals surface area contributed by atoms with Crippen molar-refractivity contribution in [3.63, 3.8) is 0 Å². The molecule has 0 bridgehead atoms. The molecule has 3 aromatic carbocycles. The molecule has 3 rings (SSSR count). The van der Waals surface area contributed by atoms with Gasteiger partial charge in [-0.1, -0.05) is 24.3 Å². The van der Waals surface area contributed by atoms with Crippen molar-refractivity contribution in [2.45, 2.75) is 5.92 Å². The SMILES string of the molecule is COc1ccc(C(c2ccc(N(C)C)cc2)c2ccc(N(C)C)cc2C(=O)O)c(OC)c1. The number of nitrogens with zero attached hydrogens (tertiary/aromatic N) is 2. The molecule has 0 saturated heterocycles. The molecule has 1 N–H and O–H groups in total. The minimum absolute atomic E-state index is 0.260. The van der Waals surface area contributed by atoms with Gasteiger partial charge in [-0.15, -0.1) is 0 Å². The van der Waals surface area contributed by atoms with Crippen LogP contribution in [0.4, 0.5) is 11.4 Å². The number of hydrogen-bond acceptors (Lipinski definition) is 5. The lowest BCUT2D eigenvalue weighted by Crippen LogP contribution is -2.15. The molecule has 0 aliphatic carbocycles. The molecule has 0 spiro atoms. The number of hydrogen-bond donors (Lipinski definition) is 1. The Morgan fingerprint density at radius 2 is 1.38 bits per heavy atom. The predicted octanol–water partition coefficient (Wildman–Crippen LogP) is 4.71. The van der Waals surface area contributed by atoms with Gasteiger partial charge in [0.05, 0.1) is 19.8 Å². The molecule has 0 aromatic heterocycles. The summed E-state index contributed by atoms with van der Waals surface area (Å²) in [4.78, 5) is 16.2. The second-order valence-corrected chi connectivity index (χ2v) is 8.00. The van der Waals surface area contributed by atoms with Gasteiger partial charge in [0.2, 0.25) is 0 Å². The van der Waals surface area contributed by atoms with Crippen molar-refractivity contribution in [2.24, 2.45) is 0 Å². The molecular formula is C26H30N2O4. The summed E-state index contributed by atoms with van der Waals surface area (Å²) in [6, 6.07) is 19.3. The van der Waals surface area contributed by atoms with Crippen LogP contribution >= 0.6 is 0 Å². The Kier molecular flexibility index (Phi) is 6.93. The van der Waals surface area contributed by atoms with E-state index in [2.05, 4.69) is 0 Å². The van der Waals surface area contributed by atoms with Crippen LogP contribution in [0.25, 0.3) is 0 Å². The maximum Gasteiger partial charge on any atom is 0.336 e. The maximum absolute atomic E-state index is 12.3. The van der Waals surface area contributed by atoms with Gasteiger partial charge in [-0.2, -0.15) is 0 Å². The number of carboxylic acid groups (broad SMARTS) is 1. The van der Waals surface area contributed by atoms with E-state index in [1.807, 2.05) is 92.6 Å². The minimum Gasteiger partial charge on any atom is -0.497 e. The first kappa shape index (κ1) is 23.0. The number of methoxy groups -OCH3 is 2. The molecule has 1 atom stereocenters. The van der Waals surface area contributed by atoms with E-state index >= 15 is 0 Å². The van der Waals surface area contributed by atoms with Crippen LogP contribution in [0.3, 0.4) is 0 Å². The molecule has 3 aromatic rings. The van der Waals surface area contributed by atoms with Crippen LogP contribution in [-0.4, -0.2) is 53.5 Å². The number of aromatic carboxylic acids is 1. The second kappa shape index (κ2) is 9.64. The molecule has 0 aliphatic rings. The van der Waals surface area contributed by atoms with Crippen molar-refractivity contribution in [3.05, 3.63) is 82.9 Å². The van der Waals surface area contributed by atoms with Crippen molar-refractivity contribution in [1.29, 1.82) is 0 Å². The second-order valence-electron chi connectivity index (χ2n) is 8.00. The highest BCUT2D eigenvalue weighted by molar-refractivity contribution is 5.91. The third-order valence-electron chi connectivity index (χ3n) is 5.59. The normalized spacial score (nSPS) is 11.6. The fraction of sp³-hybridized carbons (Fsp3) is 0.269. The zero-order valence-electron chi connectivity index (χ0n) is 19.4. The van der Waals surface area contributed by atoms with Crippen molar-refractivity contribution in [3.8, 4) is 11.5 Å². The first-order valence-corrected chi connectivity index (χ1v) is 10.3. The molecule has 0 saturated carbocycles. The van der Waals surface area contributed by atoms with E-state index in [0.29, 0.717) is 17.1 Å². The Labute approximate surface area is 189 Å². The van der Waals surface area contributed by atoms with E-state index in [1.165, 1.54) is 0 Å². The highest BCUT2D eigenvalue weighted by Gasteiger charge is 2.26. The van der Waals surface area contributed by atoms with Crippen LogP contribution in [-0.2, 0) is 0 Å². The number of rotatable bonds is 8. The summed E-state index contributed by atoms with van der Waals surface area (Å²) >= 11 is 0. The van der Waals surface area contributed by atoms with Crippen LogP contribution in [0.5, 0.6) is 11.5 Å². The summed E-state index contributed by atoms with van der Waals surface area (Å²) in [6.45, 7) is 0. The summed E-state index contributed by atoms with van der Waals surface area (Å²) < 4.78 is 11.1. The fourth-order valence-electron chi connectivity index (χ4n) is 3.81. The van der Waals surface area contributed by atoms with E-state index in [-0.39, 0.29) is 11.5 Å². The fourth-order valence-corrected chi connectivity index (χ4v) is 3.81. The van der Waals surface area contributed by atoms with Gasteiger partial charge in [0, 0.05) is 57.1 Å². The van der Waals surface area contributed by atoms with Crippen molar-refractivity contribution in [2.75, 3.05) is 52.2 Å². The van der Waals surface area contributed by atoms with Crippen molar-refractivity contribution >= 4 is 17.3 Å². The average Bonchev–Trinajstić information content (AvgIpc) is 2.79. The Hall–Kier alpha value is -3.67. The number of anilines is 2. The molecular weight excluding hydrogens is 404 g/mol. The predicted molar refractivity (Wildman–Crippen MR) is 129 cm³/mol. The average molecular weight is 435 g/mol. The summed E-state index contributed by atoms with van der Waals surface area (Å²) in [5.41, 5.74) is 4.69. The van der Waals surface area contributed by atoms with Gasteiger partial charge in [0.25, 0.3) is 0 Å². The maximum atomic E-state index is 12.3. The standard InChI is InChI=1S/C26H30N2O4/c1-27(2)18-9-7-17(8-10-18)25(22-14-12-20(31-5)16-24(22)32-6)21-13-11-19(28(3)4)15-23(21)26(29)30/h7-16,25H,1-6H3,(H,29,30). The van der Waals surface area contributed by atoms with E-state index in [0.717, 1.165) is 22.5 Å². The Morgan fingerprint density at radius 1 is 0.781 bits per heavy atom. The summed E-state index contributed by atoms with van der Waals surface area (Å²) in [7, 11) is 11.0. The number of benzene rings is 3. The van der Waals surface area contributed by atoms with Gasteiger partial charge in [-0.3, -0.25) is 0 Å². The summed E-state index contributed by atoms with van der Waals surface area (Å²) in [6.07, 6.45) is 0. The first-order valence-electron chi connectivity index (χ1n) is 10.3. The zero-order chi connectivity index (χ0) is 23.4. The smallest absolute Gasteiger partial charge is 0.336 e. The van der Waals surface area contributed by atoms with Crippen molar-refractivity contribution in [1.82, 2.24) is 0 Å². The van der Waals surface area contributed by atoms with E-state index in [4.69, 9.17) is 9.47 Å². The highest BCUT2D eigenvalue weighted by atomic mass is 16.5. The lowest BCUT2D eigenvalue weighted by Gasteiger charge is -2.25. The molecule has 0 fully saturated rings. The molecule has 0 amide bonds. The number of carboxylic acids is 1. The third-order valence-corrected chi connectivity index (χ3v) is 5.59. The molecule has 0 aliphatic heterocycles. The van der Waals surface area contributed by atoms with E-state index in [9.17, 15) is 9.90 Å². The summed E-state index contributed by atoms with van der Waals surface area (Å²) in [5.74, 6) is 0.00764.